The lowest BCUT2D eigenvalue weighted by atomic mass is 9.49. The van der Waals surface area contributed by atoms with Gasteiger partial charge in [-0.3, -0.25) is 4.79 Å². The highest BCUT2D eigenvalue weighted by atomic mass is 16.2. The van der Waals surface area contributed by atoms with Crippen LogP contribution in [0.25, 0.3) is 0 Å². The second kappa shape index (κ2) is 4.61. The van der Waals surface area contributed by atoms with Crippen molar-refractivity contribution < 1.29 is 4.79 Å². The average Bonchev–Trinajstić information content (AvgIpc) is 2.90. The Kier molecular flexibility index (Phi) is 2.86. The molecule has 1 heterocycles. The second-order valence-electron chi connectivity index (χ2n) is 7.28. The molecule has 0 spiro atoms. The number of carbonyl (C=O) groups excluding carboxylic acids is 1. The molecule has 4 bridgehead atoms. The SMILES string of the molecule is O=C(NCCc1cnc[nH]1)C12CC3CC(CC(C3)C1)C2. The van der Waals surface area contributed by atoms with Crippen LogP contribution >= 0.6 is 0 Å². The van der Waals surface area contributed by atoms with Crippen molar-refractivity contribution >= 4 is 5.91 Å². The summed E-state index contributed by atoms with van der Waals surface area (Å²) in [5.41, 5.74) is 1.08. The molecule has 0 atom stereocenters. The first-order chi connectivity index (χ1) is 9.73. The first-order valence-electron chi connectivity index (χ1n) is 7.99. The number of H-pyrrole nitrogens is 1. The summed E-state index contributed by atoms with van der Waals surface area (Å²) in [7, 11) is 0. The molecule has 4 nitrogen and oxygen atoms in total. The molecular weight excluding hydrogens is 250 g/mol. The van der Waals surface area contributed by atoms with Crippen molar-refractivity contribution in [3.8, 4) is 0 Å². The van der Waals surface area contributed by atoms with E-state index >= 15 is 0 Å². The topological polar surface area (TPSA) is 57.8 Å². The molecule has 4 aliphatic carbocycles. The third kappa shape index (κ3) is 2.05. The van der Waals surface area contributed by atoms with Crippen LogP contribution in [0.1, 0.15) is 44.2 Å². The van der Waals surface area contributed by atoms with E-state index in [2.05, 4.69) is 15.3 Å². The summed E-state index contributed by atoms with van der Waals surface area (Å²) in [4.78, 5) is 19.8. The van der Waals surface area contributed by atoms with Crippen LogP contribution in [0.3, 0.4) is 0 Å². The molecule has 0 aromatic carbocycles. The zero-order valence-corrected chi connectivity index (χ0v) is 11.9. The van der Waals surface area contributed by atoms with Gasteiger partial charge in [-0.2, -0.15) is 0 Å². The zero-order chi connectivity index (χ0) is 13.6. The van der Waals surface area contributed by atoms with Crippen molar-refractivity contribution in [1.29, 1.82) is 0 Å². The number of hydrogen-bond donors (Lipinski definition) is 2. The fraction of sp³-hybridized carbons (Fsp3) is 0.750. The highest BCUT2D eigenvalue weighted by Gasteiger charge is 2.54. The summed E-state index contributed by atoms with van der Waals surface area (Å²) in [6.07, 6.45) is 12.0. The Labute approximate surface area is 119 Å². The van der Waals surface area contributed by atoms with E-state index in [1.807, 2.05) is 6.20 Å². The van der Waals surface area contributed by atoms with Gasteiger partial charge in [-0.15, -0.1) is 0 Å². The normalized spacial score (nSPS) is 38.1. The van der Waals surface area contributed by atoms with E-state index in [9.17, 15) is 4.79 Å². The lowest BCUT2D eigenvalue weighted by Gasteiger charge is -2.55. The maximum atomic E-state index is 12.7. The van der Waals surface area contributed by atoms with Crippen LogP contribution in [0, 0.1) is 23.2 Å². The fourth-order valence-corrected chi connectivity index (χ4v) is 5.31. The standard InChI is InChI=1S/C16H23N3O/c20-15(18-2-1-14-9-17-10-19-14)16-6-11-3-12(7-16)5-13(4-11)8-16/h9-13H,1-8H2,(H,17,19)(H,18,20). The maximum absolute atomic E-state index is 12.7. The summed E-state index contributed by atoms with van der Waals surface area (Å²) < 4.78 is 0. The molecule has 5 rings (SSSR count). The van der Waals surface area contributed by atoms with E-state index in [0.717, 1.165) is 55.7 Å². The van der Waals surface area contributed by atoms with Gasteiger partial charge in [0.2, 0.25) is 5.91 Å². The molecule has 1 aromatic heterocycles. The average molecular weight is 273 g/mol. The third-order valence-electron chi connectivity index (χ3n) is 5.75. The van der Waals surface area contributed by atoms with E-state index in [0.29, 0.717) is 5.91 Å². The highest BCUT2D eigenvalue weighted by Crippen LogP contribution is 2.60. The van der Waals surface area contributed by atoms with Gasteiger partial charge in [-0.1, -0.05) is 0 Å². The quantitative estimate of drug-likeness (QED) is 0.884. The van der Waals surface area contributed by atoms with E-state index in [1.54, 1.807) is 6.33 Å². The minimum absolute atomic E-state index is 0.0112. The fourth-order valence-electron chi connectivity index (χ4n) is 5.31. The summed E-state index contributed by atoms with van der Waals surface area (Å²) in [6, 6.07) is 0. The van der Waals surface area contributed by atoms with E-state index < -0.39 is 0 Å². The molecule has 4 heteroatoms. The molecular formula is C16H23N3O. The van der Waals surface area contributed by atoms with Gasteiger partial charge < -0.3 is 10.3 Å². The number of nitrogens with one attached hydrogen (secondary N) is 2. The molecule has 4 saturated carbocycles. The Morgan fingerprint density at radius 1 is 1.25 bits per heavy atom. The largest absolute Gasteiger partial charge is 0.355 e. The molecule has 1 amide bonds. The van der Waals surface area contributed by atoms with Gasteiger partial charge in [0, 0.05) is 30.3 Å². The van der Waals surface area contributed by atoms with Crippen LogP contribution < -0.4 is 5.32 Å². The number of carbonyl (C=O) groups is 1. The Morgan fingerprint density at radius 3 is 2.45 bits per heavy atom. The predicted molar refractivity (Wildman–Crippen MR) is 75.9 cm³/mol. The summed E-state index contributed by atoms with van der Waals surface area (Å²) in [6.45, 7) is 0.725. The summed E-state index contributed by atoms with van der Waals surface area (Å²) >= 11 is 0. The van der Waals surface area contributed by atoms with Gasteiger partial charge >= 0.3 is 0 Å². The Morgan fingerprint density at radius 2 is 1.90 bits per heavy atom. The molecule has 4 fully saturated rings. The molecule has 0 saturated heterocycles. The van der Waals surface area contributed by atoms with Gasteiger partial charge in [0.1, 0.15) is 0 Å². The second-order valence-corrected chi connectivity index (χ2v) is 7.28. The van der Waals surface area contributed by atoms with Crippen LogP contribution in [0.4, 0.5) is 0 Å². The molecule has 0 unspecified atom stereocenters. The van der Waals surface area contributed by atoms with Crippen molar-refractivity contribution in [1.82, 2.24) is 15.3 Å². The van der Waals surface area contributed by atoms with Gasteiger partial charge in [-0.25, -0.2) is 4.98 Å². The molecule has 1 aromatic rings. The molecule has 0 aliphatic heterocycles. The molecule has 0 radical (unpaired) electrons. The van der Waals surface area contributed by atoms with Crippen LogP contribution in [-0.2, 0) is 11.2 Å². The van der Waals surface area contributed by atoms with Crippen molar-refractivity contribution in [2.75, 3.05) is 6.54 Å². The van der Waals surface area contributed by atoms with Crippen molar-refractivity contribution in [2.45, 2.75) is 44.9 Å². The van der Waals surface area contributed by atoms with Crippen LogP contribution in [0.5, 0.6) is 0 Å². The Balaban J connectivity index is 1.38. The van der Waals surface area contributed by atoms with Crippen LogP contribution in [-0.4, -0.2) is 22.4 Å². The van der Waals surface area contributed by atoms with E-state index in [-0.39, 0.29) is 5.41 Å². The lowest BCUT2D eigenvalue weighted by Crippen LogP contribution is -2.53. The Hall–Kier alpha value is -1.32. The van der Waals surface area contributed by atoms with Gasteiger partial charge in [0.15, 0.2) is 0 Å². The predicted octanol–water partition coefficient (Wildman–Crippen LogP) is 2.28. The minimum Gasteiger partial charge on any atom is -0.355 e. The molecule has 108 valence electrons. The van der Waals surface area contributed by atoms with Crippen molar-refractivity contribution in [2.24, 2.45) is 23.2 Å². The molecule has 20 heavy (non-hydrogen) atoms. The van der Waals surface area contributed by atoms with Crippen molar-refractivity contribution in [3.05, 3.63) is 18.2 Å². The molecule has 4 aliphatic rings. The lowest BCUT2D eigenvalue weighted by molar-refractivity contribution is -0.146. The first-order valence-corrected chi connectivity index (χ1v) is 7.99. The van der Waals surface area contributed by atoms with Gasteiger partial charge in [0.05, 0.1) is 6.33 Å². The van der Waals surface area contributed by atoms with Crippen LogP contribution in [0.2, 0.25) is 0 Å². The Bertz CT molecular complexity index is 459. The number of aromatic amines is 1. The van der Waals surface area contributed by atoms with E-state index in [4.69, 9.17) is 0 Å². The van der Waals surface area contributed by atoms with E-state index in [1.165, 1.54) is 19.3 Å². The summed E-state index contributed by atoms with van der Waals surface area (Å²) in [5.74, 6) is 2.83. The number of amides is 1. The number of imidazole rings is 1. The van der Waals surface area contributed by atoms with Gasteiger partial charge in [0.25, 0.3) is 0 Å². The number of aromatic nitrogens is 2. The highest BCUT2D eigenvalue weighted by molar-refractivity contribution is 5.83. The summed E-state index contributed by atoms with van der Waals surface area (Å²) in [5, 5.41) is 3.19. The van der Waals surface area contributed by atoms with Gasteiger partial charge in [-0.05, 0) is 56.3 Å². The first kappa shape index (κ1) is 12.4. The smallest absolute Gasteiger partial charge is 0.226 e. The number of rotatable bonds is 4. The third-order valence-corrected chi connectivity index (χ3v) is 5.75. The monoisotopic (exact) mass is 273 g/mol. The van der Waals surface area contributed by atoms with Crippen molar-refractivity contribution in [3.63, 3.8) is 0 Å². The number of hydrogen-bond acceptors (Lipinski definition) is 2. The minimum atomic E-state index is -0.0112. The zero-order valence-electron chi connectivity index (χ0n) is 11.9. The number of nitrogens with zero attached hydrogens (tertiary/aromatic N) is 1. The van der Waals surface area contributed by atoms with Crippen LogP contribution in [0.15, 0.2) is 12.5 Å². The molecule has 2 N–H and O–H groups in total. The maximum Gasteiger partial charge on any atom is 0.226 e.